The van der Waals surface area contributed by atoms with Crippen molar-refractivity contribution in [2.45, 2.75) is 9.79 Å². The standard InChI is InChI=1S/C11H16ClNO6S2/c1-18-7-8-19-6-5-13-21(16,17)11-4-2-3-10(9-11)20(12,14)15/h2-4,9,13H,5-8H2,1H3. The van der Waals surface area contributed by atoms with Gasteiger partial charge in [0.2, 0.25) is 10.0 Å². The molecule has 0 saturated carbocycles. The van der Waals surface area contributed by atoms with Crippen molar-refractivity contribution in [3.05, 3.63) is 24.3 Å². The van der Waals surface area contributed by atoms with Crippen molar-refractivity contribution in [3.63, 3.8) is 0 Å². The van der Waals surface area contributed by atoms with E-state index in [4.69, 9.17) is 20.2 Å². The molecule has 0 bridgehead atoms. The van der Waals surface area contributed by atoms with Crippen LogP contribution in [-0.2, 0) is 28.5 Å². The van der Waals surface area contributed by atoms with Crippen molar-refractivity contribution in [3.8, 4) is 0 Å². The summed E-state index contributed by atoms with van der Waals surface area (Å²) in [5.41, 5.74) is 0. The molecule has 0 aromatic heterocycles. The summed E-state index contributed by atoms with van der Waals surface area (Å²) in [6.07, 6.45) is 0. The quantitative estimate of drug-likeness (QED) is 0.512. The van der Waals surface area contributed by atoms with Gasteiger partial charge in [-0.2, -0.15) is 0 Å². The van der Waals surface area contributed by atoms with Gasteiger partial charge in [-0.05, 0) is 18.2 Å². The lowest BCUT2D eigenvalue weighted by Crippen LogP contribution is -2.28. The van der Waals surface area contributed by atoms with E-state index in [9.17, 15) is 16.8 Å². The molecule has 0 atom stereocenters. The predicted octanol–water partition coefficient (Wildman–Crippen LogP) is 0.555. The second-order valence-electron chi connectivity index (χ2n) is 3.92. The fourth-order valence-electron chi connectivity index (χ4n) is 1.37. The van der Waals surface area contributed by atoms with Gasteiger partial charge >= 0.3 is 0 Å². The summed E-state index contributed by atoms with van der Waals surface area (Å²) < 4.78 is 58.5. The molecule has 0 spiro atoms. The summed E-state index contributed by atoms with van der Waals surface area (Å²) in [5.74, 6) is 0. The van der Waals surface area contributed by atoms with Gasteiger partial charge in [-0.1, -0.05) is 6.07 Å². The largest absolute Gasteiger partial charge is 0.382 e. The van der Waals surface area contributed by atoms with Gasteiger partial charge in [0.1, 0.15) is 0 Å². The highest BCUT2D eigenvalue weighted by molar-refractivity contribution is 8.13. The Morgan fingerprint density at radius 2 is 1.76 bits per heavy atom. The second kappa shape index (κ2) is 8.06. The topological polar surface area (TPSA) is 98.8 Å². The van der Waals surface area contributed by atoms with Gasteiger partial charge in [0, 0.05) is 24.3 Å². The highest BCUT2D eigenvalue weighted by Gasteiger charge is 2.17. The number of nitrogens with one attached hydrogen (secondary N) is 1. The van der Waals surface area contributed by atoms with Crippen LogP contribution in [0.2, 0.25) is 0 Å². The van der Waals surface area contributed by atoms with E-state index in [0.717, 1.165) is 6.07 Å². The highest BCUT2D eigenvalue weighted by Crippen LogP contribution is 2.18. The minimum atomic E-state index is -3.98. The molecule has 1 N–H and O–H groups in total. The zero-order chi connectivity index (χ0) is 15.9. The van der Waals surface area contributed by atoms with Gasteiger partial charge in [0.25, 0.3) is 9.05 Å². The van der Waals surface area contributed by atoms with Gasteiger partial charge in [-0.25, -0.2) is 21.6 Å². The summed E-state index contributed by atoms with van der Waals surface area (Å²) in [4.78, 5) is -0.454. The molecule has 0 saturated heterocycles. The zero-order valence-corrected chi connectivity index (χ0v) is 13.7. The lowest BCUT2D eigenvalue weighted by atomic mass is 10.4. The van der Waals surface area contributed by atoms with Crippen LogP contribution in [0.5, 0.6) is 0 Å². The van der Waals surface area contributed by atoms with Crippen molar-refractivity contribution in [2.75, 3.05) is 33.5 Å². The Kier molecular flexibility index (Phi) is 7.04. The highest BCUT2D eigenvalue weighted by atomic mass is 35.7. The van der Waals surface area contributed by atoms with E-state index >= 15 is 0 Å². The zero-order valence-electron chi connectivity index (χ0n) is 11.3. The number of ether oxygens (including phenoxy) is 2. The minimum Gasteiger partial charge on any atom is -0.382 e. The molecule has 0 fully saturated rings. The third-order valence-electron chi connectivity index (χ3n) is 2.37. The molecular formula is C11H16ClNO6S2. The molecule has 10 heteroatoms. The molecule has 1 aromatic rings. The summed E-state index contributed by atoms with van der Waals surface area (Å²) in [6, 6.07) is 4.80. The van der Waals surface area contributed by atoms with Gasteiger partial charge in [-0.15, -0.1) is 0 Å². The average molecular weight is 358 g/mol. The molecule has 1 aromatic carbocycles. The number of sulfonamides is 1. The Balaban J connectivity index is 2.67. The van der Waals surface area contributed by atoms with Crippen LogP contribution in [0.15, 0.2) is 34.1 Å². The molecule has 0 aliphatic heterocycles. The van der Waals surface area contributed by atoms with E-state index in [1.807, 2.05) is 0 Å². The molecular weight excluding hydrogens is 342 g/mol. The molecule has 0 aliphatic carbocycles. The first-order chi connectivity index (χ1) is 9.77. The molecule has 7 nitrogen and oxygen atoms in total. The number of rotatable bonds is 9. The molecule has 0 aliphatic rings. The van der Waals surface area contributed by atoms with Gasteiger partial charge in [0.15, 0.2) is 0 Å². The molecule has 21 heavy (non-hydrogen) atoms. The monoisotopic (exact) mass is 357 g/mol. The summed E-state index contributed by atoms with van der Waals surface area (Å²) in [5, 5.41) is 0. The van der Waals surface area contributed by atoms with Gasteiger partial charge in [0.05, 0.1) is 29.6 Å². The number of methoxy groups -OCH3 is 1. The molecule has 0 heterocycles. The van der Waals surface area contributed by atoms with Crippen molar-refractivity contribution in [2.24, 2.45) is 0 Å². The lowest BCUT2D eigenvalue weighted by Gasteiger charge is -2.08. The van der Waals surface area contributed by atoms with E-state index < -0.39 is 19.1 Å². The smallest absolute Gasteiger partial charge is 0.261 e. The molecule has 0 unspecified atom stereocenters. The maximum absolute atomic E-state index is 12.0. The Hall–Kier alpha value is -0.710. The number of hydrogen-bond acceptors (Lipinski definition) is 6. The van der Waals surface area contributed by atoms with Gasteiger partial charge in [-0.3, -0.25) is 0 Å². The van der Waals surface area contributed by atoms with Crippen LogP contribution >= 0.6 is 10.7 Å². The van der Waals surface area contributed by atoms with Crippen molar-refractivity contribution < 1.29 is 26.3 Å². The van der Waals surface area contributed by atoms with Crippen LogP contribution in [0.4, 0.5) is 0 Å². The van der Waals surface area contributed by atoms with Gasteiger partial charge < -0.3 is 9.47 Å². The van der Waals surface area contributed by atoms with Crippen molar-refractivity contribution >= 4 is 29.8 Å². The van der Waals surface area contributed by atoms with Crippen LogP contribution in [0.3, 0.4) is 0 Å². The fourth-order valence-corrected chi connectivity index (χ4v) is 3.30. The minimum absolute atomic E-state index is 0.0594. The summed E-state index contributed by atoms with van der Waals surface area (Å²) >= 11 is 0. The maximum atomic E-state index is 12.0. The van der Waals surface area contributed by atoms with Crippen LogP contribution in [0, 0.1) is 0 Å². The molecule has 0 radical (unpaired) electrons. The SMILES string of the molecule is COCCOCCNS(=O)(=O)c1cccc(S(=O)(=O)Cl)c1. The summed E-state index contributed by atoms with van der Waals surface area (Å²) in [7, 11) is -1.09. The van der Waals surface area contributed by atoms with Crippen molar-refractivity contribution in [1.29, 1.82) is 0 Å². The first-order valence-corrected chi connectivity index (χ1v) is 9.68. The van der Waals surface area contributed by atoms with E-state index in [0.29, 0.717) is 13.2 Å². The maximum Gasteiger partial charge on any atom is 0.261 e. The van der Waals surface area contributed by atoms with Crippen molar-refractivity contribution in [1.82, 2.24) is 4.72 Å². The molecule has 0 amide bonds. The van der Waals surface area contributed by atoms with E-state index in [1.54, 1.807) is 0 Å². The Morgan fingerprint density at radius 1 is 1.10 bits per heavy atom. The third-order valence-corrected chi connectivity index (χ3v) is 5.18. The van der Waals surface area contributed by atoms with E-state index in [-0.39, 0.29) is 22.9 Å². The number of hydrogen-bond donors (Lipinski definition) is 1. The number of halogens is 1. The Bertz CT molecular complexity index is 659. The van der Waals surface area contributed by atoms with Crippen LogP contribution in [0.1, 0.15) is 0 Å². The summed E-state index contributed by atoms with van der Waals surface area (Å²) in [6.45, 7) is 1.01. The first kappa shape index (κ1) is 18.3. The lowest BCUT2D eigenvalue weighted by molar-refractivity contribution is 0.0736. The third kappa shape index (κ3) is 6.29. The fraction of sp³-hybridized carbons (Fsp3) is 0.455. The predicted molar refractivity (Wildman–Crippen MR) is 77.4 cm³/mol. The molecule has 120 valence electrons. The Labute approximate surface area is 128 Å². The Morgan fingerprint density at radius 3 is 2.38 bits per heavy atom. The molecule has 1 rings (SSSR count). The number of benzene rings is 1. The van der Waals surface area contributed by atoms with E-state index in [1.165, 1.54) is 25.3 Å². The van der Waals surface area contributed by atoms with Crippen LogP contribution in [0.25, 0.3) is 0 Å². The normalized spacial score (nSPS) is 12.5. The van der Waals surface area contributed by atoms with Crippen LogP contribution in [-0.4, -0.2) is 50.3 Å². The van der Waals surface area contributed by atoms with Crippen LogP contribution < -0.4 is 4.72 Å². The average Bonchev–Trinajstić information content (AvgIpc) is 2.42. The second-order valence-corrected chi connectivity index (χ2v) is 8.25. The van der Waals surface area contributed by atoms with E-state index in [2.05, 4.69) is 4.72 Å². The first-order valence-electron chi connectivity index (χ1n) is 5.88.